The van der Waals surface area contributed by atoms with Gasteiger partial charge >= 0.3 is 5.97 Å². The molecule has 1 heterocycles. The summed E-state index contributed by atoms with van der Waals surface area (Å²) < 4.78 is 8.11. The van der Waals surface area contributed by atoms with Crippen LogP contribution in [0.25, 0.3) is 5.69 Å². The van der Waals surface area contributed by atoms with E-state index < -0.39 is 5.41 Å². The van der Waals surface area contributed by atoms with Gasteiger partial charge in [0.05, 0.1) is 23.0 Å². The van der Waals surface area contributed by atoms with Crippen molar-refractivity contribution >= 4 is 5.97 Å². The van der Waals surface area contributed by atoms with E-state index in [2.05, 4.69) is 34.3 Å². The molecule has 3 aromatic rings. The molecule has 1 aromatic heterocycles. The number of rotatable bonds is 10. The molecule has 37 heavy (non-hydrogen) atoms. The first kappa shape index (κ1) is 25.4. The van der Waals surface area contributed by atoms with Crippen molar-refractivity contribution in [3.8, 4) is 5.69 Å². The Bertz CT molecular complexity index is 1150. The van der Waals surface area contributed by atoms with Gasteiger partial charge in [-0.05, 0) is 55.8 Å². The van der Waals surface area contributed by atoms with Gasteiger partial charge in [-0.15, -0.1) is 11.7 Å². The van der Waals surface area contributed by atoms with Crippen LogP contribution in [0.5, 0.6) is 0 Å². The van der Waals surface area contributed by atoms with Gasteiger partial charge in [-0.25, -0.2) is 4.68 Å². The van der Waals surface area contributed by atoms with Crippen molar-refractivity contribution < 1.29 is 9.53 Å². The number of hydrogen-bond donors (Lipinski definition) is 1. The van der Waals surface area contributed by atoms with Crippen LogP contribution >= 0.6 is 0 Å². The lowest BCUT2D eigenvalue weighted by Crippen LogP contribution is -2.48. The maximum Gasteiger partial charge on any atom is 0.316 e. The van der Waals surface area contributed by atoms with Gasteiger partial charge in [0.1, 0.15) is 6.10 Å². The van der Waals surface area contributed by atoms with E-state index in [0.717, 1.165) is 62.0 Å². The summed E-state index contributed by atoms with van der Waals surface area (Å²) in [6.45, 7) is 5.51. The third kappa shape index (κ3) is 5.69. The first-order chi connectivity index (χ1) is 18.2. The Hall–Kier alpha value is -3.25. The van der Waals surface area contributed by atoms with Gasteiger partial charge in [0.25, 0.3) is 0 Å². The van der Waals surface area contributed by atoms with E-state index in [1.165, 1.54) is 12.8 Å². The first-order valence-electron chi connectivity index (χ1n) is 13.8. The Morgan fingerprint density at radius 3 is 2.46 bits per heavy atom. The molecule has 6 heteroatoms. The number of allylic oxidation sites excluding steroid dienone is 1. The number of hydrogen-bond acceptors (Lipinski definition) is 5. The highest BCUT2D eigenvalue weighted by Gasteiger charge is 2.47. The summed E-state index contributed by atoms with van der Waals surface area (Å²) in [4.78, 5) is 13.8. The second kappa shape index (κ2) is 11.9. The zero-order chi connectivity index (χ0) is 25.5. The minimum Gasteiger partial charge on any atom is -0.461 e. The Kier molecular flexibility index (Phi) is 8.15. The van der Waals surface area contributed by atoms with Gasteiger partial charge in [0.15, 0.2) is 0 Å². The largest absolute Gasteiger partial charge is 0.461 e. The summed E-state index contributed by atoms with van der Waals surface area (Å²) in [5.41, 5.74) is 2.50. The summed E-state index contributed by atoms with van der Waals surface area (Å²) in [5, 5.41) is 12.0. The zero-order valence-corrected chi connectivity index (χ0v) is 21.6. The van der Waals surface area contributed by atoms with E-state index >= 15 is 0 Å². The molecule has 0 amide bonds. The fourth-order valence-electron chi connectivity index (χ4n) is 6.03. The van der Waals surface area contributed by atoms with Crippen LogP contribution in [0.3, 0.4) is 0 Å². The Morgan fingerprint density at radius 2 is 1.76 bits per heavy atom. The fraction of sp³-hybridized carbons (Fsp3) is 0.452. The Balaban J connectivity index is 1.17. The quantitative estimate of drug-likeness (QED) is 0.166. The number of carbonyl (C=O) groups is 1. The normalized spacial score (nSPS) is 23.0. The Morgan fingerprint density at radius 1 is 1.05 bits per heavy atom. The van der Waals surface area contributed by atoms with Crippen molar-refractivity contribution in [2.24, 2.45) is 11.8 Å². The van der Waals surface area contributed by atoms with E-state index in [0.29, 0.717) is 18.4 Å². The molecule has 0 spiro atoms. The lowest BCUT2D eigenvalue weighted by atomic mass is 9.68. The molecule has 2 unspecified atom stereocenters. The highest BCUT2D eigenvalue weighted by atomic mass is 16.5. The van der Waals surface area contributed by atoms with Crippen LogP contribution < -0.4 is 5.32 Å². The van der Waals surface area contributed by atoms with Gasteiger partial charge in [0, 0.05) is 12.5 Å². The number of carbonyl (C=O) groups excluding carboxylic acids is 1. The minimum atomic E-state index is -0.510. The molecule has 2 aliphatic carbocycles. The second-order valence-corrected chi connectivity index (χ2v) is 10.6. The topological polar surface area (TPSA) is 69.0 Å². The summed E-state index contributed by atoms with van der Waals surface area (Å²) in [5.74, 6) is 0.663. The van der Waals surface area contributed by atoms with Crippen molar-refractivity contribution in [2.75, 3.05) is 6.54 Å². The number of benzene rings is 2. The molecule has 0 saturated heterocycles. The fourth-order valence-corrected chi connectivity index (χ4v) is 6.03. The number of para-hydroxylation sites is 1. The number of esters is 1. The molecule has 5 rings (SSSR count). The molecule has 2 saturated carbocycles. The smallest absolute Gasteiger partial charge is 0.316 e. The first-order valence-corrected chi connectivity index (χ1v) is 13.8. The molecule has 6 nitrogen and oxygen atoms in total. The third-order valence-corrected chi connectivity index (χ3v) is 8.29. The second-order valence-electron chi connectivity index (χ2n) is 10.6. The SMILES string of the molecule is C=CC1C[C@H](OC(=O)C2(c3ccccc3)CCCCCC2)C1CCNCc1cn(-c2ccccc2)nn1. The van der Waals surface area contributed by atoms with Crippen LogP contribution in [0.2, 0.25) is 0 Å². The van der Waals surface area contributed by atoms with E-state index in [-0.39, 0.29) is 12.1 Å². The lowest BCUT2D eigenvalue weighted by Gasteiger charge is -2.44. The van der Waals surface area contributed by atoms with Crippen molar-refractivity contribution in [1.82, 2.24) is 20.3 Å². The van der Waals surface area contributed by atoms with Crippen LogP contribution in [0, 0.1) is 11.8 Å². The highest BCUT2D eigenvalue weighted by molar-refractivity contribution is 5.83. The molecule has 194 valence electrons. The summed E-state index contributed by atoms with van der Waals surface area (Å²) in [6, 6.07) is 20.3. The van der Waals surface area contributed by atoms with Crippen LogP contribution in [-0.4, -0.2) is 33.6 Å². The van der Waals surface area contributed by atoms with E-state index in [4.69, 9.17) is 4.74 Å². The molecular weight excluding hydrogens is 460 g/mol. The maximum absolute atomic E-state index is 13.8. The van der Waals surface area contributed by atoms with E-state index in [1.807, 2.05) is 60.8 Å². The molecule has 0 radical (unpaired) electrons. The average Bonchev–Trinajstić information content (AvgIpc) is 3.26. The lowest BCUT2D eigenvalue weighted by molar-refractivity contribution is -0.169. The Labute approximate surface area is 220 Å². The number of ether oxygens (including phenoxy) is 1. The summed E-state index contributed by atoms with van der Waals surface area (Å²) >= 11 is 0. The molecule has 2 fully saturated rings. The molecular formula is C31H38N4O2. The van der Waals surface area contributed by atoms with Crippen molar-refractivity contribution in [1.29, 1.82) is 0 Å². The molecule has 0 aliphatic heterocycles. The number of aromatic nitrogens is 3. The zero-order valence-electron chi connectivity index (χ0n) is 21.6. The molecule has 2 aliphatic rings. The van der Waals surface area contributed by atoms with Gasteiger partial charge in [-0.2, -0.15) is 0 Å². The predicted octanol–water partition coefficient (Wildman–Crippen LogP) is 5.77. The molecule has 1 N–H and O–H groups in total. The van der Waals surface area contributed by atoms with Crippen molar-refractivity contribution in [2.45, 2.75) is 69.4 Å². The van der Waals surface area contributed by atoms with Crippen LogP contribution in [0.15, 0.2) is 79.5 Å². The molecule has 0 bridgehead atoms. The van der Waals surface area contributed by atoms with Gasteiger partial charge in [0.2, 0.25) is 0 Å². The number of nitrogens with zero attached hydrogens (tertiary/aromatic N) is 3. The van der Waals surface area contributed by atoms with Gasteiger partial charge < -0.3 is 10.1 Å². The molecule has 2 aromatic carbocycles. The standard InChI is InChI=1S/C31H38N4O2/c1-2-24-21-29(37-30(36)31(18-11-3-4-12-19-31)25-13-7-5-8-14-25)28(24)17-20-32-22-26-23-35(34-33-26)27-15-9-6-10-16-27/h2,5-10,13-16,23-24,28-29,32H,1,3-4,11-12,17-22H2/t24?,28?,29-/m0/s1. The minimum absolute atomic E-state index is 0.0244. The van der Waals surface area contributed by atoms with Crippen LogP contribution in [-0.2, 0) is 21.5 Å². The van der Waals surface area contributed by atoms with Gasteiger partial charge in [-0.1, -0.05) is 85.5 Å². The van der Waals surface area contributed by atoms with Gasteiger partial charge in [-0.3, -0.25) is 4.79 Å². The average molecular weight is 499 g/mol. The predicted molar refractivity (Wildman–Crippen MR) is 145 cm³/mol. The summed E-state index contributed by atoms with van der Waals surface area (Å²) in [7, 11) is 0. The van der Waals surface area contributed by atoms with E-state index in [1.54, 1.807) is 4.68 Å². The number of nitrogens with one attached hydrogen (secondary N) is 1. The van der Waals surface area contributed by atoms with Crippen LogP contribution in [0.4, 0.5) is 0 Å². The van der Waals surface area contributed by atoms with Crippen LogP contribution in [0.1, 0.15) is 62.6 Å². The third-order valence-electron chi connectivity index (χ3n) is 8.29. The molecule has 3 atom stereocenters. The van der Waals surface area contributed by atoms with Crippen molar-refractivity contribution in [3.05, 3.63) is 90.8 Å². The monoisotopic (exact) mass is 498 g/mol. The van der Waals surface area contributed by atoms with E-state index in [9.17, 15) is 4.79 Å². The van der Waals surface area contributed by atoms with Crippen molar-refractivity contribution in [3.63, 3.8) is 0 Å². The summed E-state index contributed by atoms with van der Waals surface area (Å²) in [6.07, 6.45) is 12.0. The maximum atomic E-state index is 13.8. The highest BCUT2D eigenvalue weighted by Crippen LogP contribution is 2.44.